The van der Waals surface area contributed by atoms with Gasteiger partial charge in [0.15, 0.2) is 0 Å². The van der Waals surface area contributed by atoms with E-state index in [2.05, 4.69) is 0 Å². The van der Waals surface area contributed by atoms with E-state index in [4.69, 9.17) is 0 Å². The van der Waals surface area contributed by atoms with Gasteiger partial charge >= 0.3 is 0 Å². The van der Waals surface area contributed by atoms with Crippen LogP contribution in [0.1, 0.15) is 19.3 Å². The van der Waals surface area contributed by atoms with Gasteiger partial charge in [-0.1, -0.05) is 23.8 Å². The lowest BCUT2D eigenvalue weighted by atomic mass is 10.0. The average Bonchev–Trinajstić information content (AvgIpc) is 1.88. The lowest BCUT2D eigenvalue weighted by Gasteiger charge is -2.08. The van der Waals surface area contributed by atoms with Crippen molar-refractivity contribution in [2.75, 3.05) is 0 Å². The quantitative estimate of drug-likeness (QED) is 0.552. The van der Waals surface area contributed by atoms with E-state index < -0.39 is 5.97 Å². The topological polar surface area (TPSA) is 40.1 Å². The number of rotatable bonds is 2. The standard InChI is InChI=1S/C8H10O2/c9-8(10)6-7-4-2-1-3-5-7/h1-2,4H,3,5-6H2,(H,9,10)/p-1. The monoisotopic (exact) mass is 137 g/mol. The zero-order valence-electron chi connectivity index (χ0n) is 5.67. The Balaban J connectivity index is 2.47. The van der Waals surface area contributed by atoms with Gasteiger partial charge in [0.05, 0.1) is 0 Å². The third-order valence-corrected chi connectivity index (χ3v) is 1.47. The first kappa shape index (κ1) is 7.06. The van der Waals surface area contributed by atoms with Crippen molar-refractivity contribution >= 4 is 5.97 Å². The molecule has 0 saturated carbocycles. The van der Waals surface area contributed by atoms with Crippen molar-refractivity contribution in [2.45, 2.75) is 19.3 Å². The summed E-state index contributed by atoms with van der Waals surface area (Å²) in [5.41, 5.74) is 0.961. The largest absolute Gasteiger partial charge is 0.550 e. The maximum Gasteiger partial charge on any atom is 0.0454 e. The smallest absolute Gasteiger partial charge is 0.0454 e. The molecule has 0 aromatic heterocycles. The summed E-state index contributed by atoms with van der Waals surface area (Å²) in [4.78, 5) is 10.1. The van der Waals surface area contributed by atoms with E-state index in [1.165, 1.54) is 0 Å². The van der Waals surface area contributed by atoms with Crippen LogP contribution in [-0.4, -0.2) is 5.97 Å². The summed E-state index contributed by atoms with van der Waals surface area (Å²) in [5.74, 6) is -0.985. The minimum absolute atomic E-state index is 0.0876. The molecule has 54 valence electrons. The van der Waals surface area contributed by atoms with Crippen LogP contribution in [0.4, 0.5) is 0 Å². The highest BCUT2D eigenvalue weighted by Gasteiger charge is 1.98. The first-order valence-corrected chi connectivity index (χ1v) is 3.33. The fraction of sp³-hybridized carbons (Fsp3) is 0.375. The van der Waals surface area contributed by atoms with Crippen molar-refractivity contribution < 1.29 is 9.90 Å². The Kier molecular flexibility index (Phi) is 2.26. The number of carboxylic acids is 1. The molecule has 0 heterocycles. The molecule has 1 aliphatic rings. The van der Waals surface area contributed by atoms with Gasteiger partial charge in [0.1, 0.15) is 0 Å². The summed E-state index contributed by atoms with van der Waals surface area (Å²) in [6, 6.07) is 0. The molecule has 10 heavy (non-hydrogen) atoms. The molecule has 0 radical (unpaired) electrons. The summed E-state index contributed by atoms with van der Waals surface area (Å²) in [6.07, 6.45) is 7.67. The van der Waals surface area contributed by atoms with E-state index in [0.29, 0.717) is 0 Å². The maximum atomic E-state index is 10.1. The molecule has 0 unspecified atom stereocenters. The summed E-state index contributed by atoms with van der Waals surface area (Å²) < 4.78 is 0. The molecule has 0 atom stereocenters. The Morgan fingerprint density at radius 2 is 2.50 bits per heavy atom. The van der Waals surface area contributed by atoms with E-state index in [1.807, 2.05) is 18.2 Å². The zero-order valence-corrected chi connectivity index (χ0v) is 5.67. The van der Waals surface area contributed by atoms with Gasteiger partial charge in [-0.05, 0) is 12.8 Å². The molecule has 0 amide bonds. The highest BCUT2D eigenvalue weighted by atomic mass is 16.4. The Hall–Kier alpha value is -1.05. The van der Waals surface area contributed by atoms with Crippen LogP contribution in [-0.2, 0) is 4.79 Å². The van der Waals surface area contributed by atoms with Crippen LogP contribution in [0.25, 0.3) is 0 Å². The molecular formula is C8H9O2-. The second-order valence-electron chi connectivity index (χ2n) is 2.34. The van der Waals surface area contributed by atoms with E-state index in [0.717, 1.165) is 18.4 Å². The normalized spacial score (nSPS) is 16.6. The Labute approximate surface area is 59.9 Å². The van der Waals surface area contributed by atoms with Crippen LogP contribution in [0.3, 0.4) is 0 Å². The Bertz CT molecular complexity index is 189. The van der Waals surface area contributed by atoms with Crippen molar-refractivity contribution in [1.82, 2.24) is 0 Å². The fourth-order valence-corrected chi connectivity index (χ4v) is 0.985. The number of hydrogen-bond acceptors (Lipinski definition) is 2. The lowest BCUT2D eigenvalue weighted by Crippen LogP contribution is -2.22. The number of carbonyl (C=O) groups excluding carboxylic acids is 1. The van der Waals surface area contributed by atoms with Crippen LogP contribution >= 0.6 is 0 Å². The van der Waals surface area contributed by atoms with Gasteiger partial charge in [0.25, 0.3) is 0 Å². The second-order valence-corrected chi connectivity index (χ2v) is 2.34. The van der Waals surface area contributed by atoms with Crippen molar-refractivity contribution in [3.8, 4) is 0 Å². The highest BCUT2D eigenvalue weighted by Crippen LogP contribution is 2.13. The molecule has 0 bridgehead atoms. The van der Waals surface area contributed by atoms with Crippen LogP contribution in [0, 0.1) is 0 Å². The predicted octanol–water partition coefficient (Wildman–Crippen LogP) is 0.403. The highest BCUT2D eigenvalue weighted by molar-refractivity contribution is 5.67. The molecule has 0 saturated heterocycles. The van der Waals surface area contributed by atoms with Crippen LogP contribution in [0.15, 0.2) is 23.8 Å². The summed E-state index contributed by atoms with van der Waals surface area (Å²) in [6.45, 7) is 0. The third kappa shape index (κ3) is 2.05. The average molecular weight is 137 g/mol. The van der Waals surface area contributed by atoms with Gasteiger partial charge in [-0.25, -0.2) is 0 Å². The molecule has 0 fully saturated rings. The predicted molar refractivity (Wildman–Crippen MR) is 36.1 cm³/mol. The number of allylic oxidation sites excluding steroid dienone is 3. The van der Waals surface area contributed by atoms with Gasteiger partial charge in [-0.15, -0.1) is 0 Å². The lowest BCUT2D eigenvalue weighted by molar-refractivity contribution is -0.304. The summed E-state index contributed by atoms with van der Waals surface area (Å²) in [5, 5.41) is 10.1. The molecule has 1 aliphatic carbocycles. The van der Waals surface area contributed by atoms with Crippen LogP contribution in [0.5, 0.6) is 0 Å². The summed E-state index contributed by atoms with van der Waals surface area (Å²) >= 11 is 0. The van der Waals surface area contributed by atoms with Crippen LogP contribution in [0.2, 0.25) is 0 Å². The third-order valence-electron chi connectivity index (χ3n) is 1.47. The van der Waals surface area contributed by atoms with Crippen molar-refractivity contribution in [3.63, 3.8) is 0 Å². The van der Waals surface area contributed by atoms with Gasteiger partial charge < -0.3 is 9.90 Å². The Morgan fingerprint density at radius 1 is 1.70 bits per heavy atom. The molecule has 2 nitrogen and oxygen atoms in total. The van der Waals surface area contributed by atoms with Gasteiger partial charge in [0.2, 0.25) is 0 Å². The number of carboxylic acid groups (broad SMARTS) is 1. The second kappa shape index (κ2) is 3.20. The number of hydrogen-bond donors (Lipinski definition) is 0. The van der Waals surface area contributed by atoms with E-state index in [-0.39, 0.29) is 6.42 Å². The minimum Gasteiger partial charge on any atom is -0.550 e. The zero-order chi connectivity index (χ0) is 7.40. The molecule has 0 N–H and O–H groups in total. The van der Waals surface area contributed by atoms with Gasteiger partial charge in [0, 0.05) is 12.4 Å². The van der Waals surface area contributed by atoms with Gasteiger partial charge in [-0.3, -0.25) is 0 Å². The van der Waals surface area contributed by atoms with E-state index in [9.17, 15) is 9.90 Å². The van der Waals surface area contributed by atoms with E-state index in [1.54, 1.807) is 0 Å². The molecule has 0 spiro atoms. The maximum absolute atomic E-state index is 10.1. The summed E-state index contributed by atoms with van der Waals surface area (Å²) in [7, 11) is 0. The first-order valence-electron chi connectivity index (χ1n) is 3.33. The van der Waals surface area contributed by atoms with Gasteiger partial charge in [-0.2, -0.15) is 0 Å². The minimum atomic E-state index is -0.985. The molecule has 0 aromatic carbocycles. The molecule has 0 aliphatic heterocycles. The molecule has 0 aromatic rings. The fourth-order valence-electron chi connectivity index (χ4n) is 0.985. The van der Waals surface area contributed by atoms with Crippen molar-refractivity contribution in [1.29, 1.82) is 0 Å². The molecule has 1 rings (SSSR count). The number of aliphatic carboxylic acids is 1. The molecule has 2 heteroatoms. The SMILES string of the molecule is O=C([O-])CC1=CC=CCC1. The van der Waals surface area contributed by atoms with Crippen molar-refractivity contribution in [2.24, 2.45) is 0 Å². The van der Waals surface area contributed by atoms with Crippen LogP contribution < -0.4 is 5.11 Å². The van der Waals surface area contributed by atoms with E-state index >= 15 is 0 Å². The molecular weight excluding hydrogens is 128 g/mol. The van der Waals surface area contributed by atoms with Crippen molar-refractivity contribution in [3.05, 3.63) is 23.8 Å². The number of carbonyl (C=O) groups is 1. The first-order chi connectivity index (χ1) is 4.79. The Morgan fingerprint density at radius 3 is 3.00 bits per heavy atom.